The predicted molar refractivity (Wildman–Crippen MR) is 134 cm³/mol. The van der Waals surface area contributed by atoms with Crippen molar-refractivity contribution < 1.29 is 14.3 Å². The minimum atomic E-state index is -0.171. The number of ether oxygens (including phenoxy) is 1. The smallest absolute Gasteiger partial charge is 0.253 e. The fourth-order valence-corrected chi connectivity index (χ4v) is 4.83. The molecule has 2 saturated heterocycles. The number of rotatable bonds is 8. The molecule has 182 valence electrons. The van der Waals surface area contributed by atoms with Crippen LogP contribution >= 0.6 is 0 Å². The summed E-state index contributed by atoms with van der Waals surface area (Å²) in [6, 6.07) is 17.3. The van der Waals surface area contributed by atoms with Gasteiger partial charge in [0.05, 0.1) is 12.5 Å². The molecule has 2 heterocycles. The normalized spacial score (nSPS) is 17.9. The number of piperidine rings is 1. The second kappa shape index (κ2) is 12.0. The highest BCUT2D eigenvalue weighted by Crippen LogP contribution is 2.20. The van der Waals surface area contributed by atoms with Crippen LogP contribution in [0.3, 0.4) is 0 Å². The Morgan fingerprint density at radius 1 is 0.824 bits per heavy atom. The van der Waals surface area contributed by atoms with Crippen LogP contribution in [0, 0.1) is 0 Å². The van der Waals surface area contributed by atoms with Crippen LogP contribution in [-0.2, 0) is 4.79 Å². The van der Waals surface area contributed by atoms with E-state index in [-0.39, 0.29) is 17.7 Å². The number of hydrogen-bond donors (Lipinski definition) is 0. The van der Waals surface area contributed by atoms with Gasteiger partial charge in [-0.2, -0.15) is 0 Å². The Morgan fingerprint density at radius 2 is 1.47 bits per heavy atom. The maximum Gasteiger partial charge on any atom is 0.253 e. The molecule has 34 heavy (non-hydrogen) atoms. The molecule has 2 aromatic rings. The minimum Gasteiger partial charge on any atom is -0.494 e. The lowest BCUT2D eigenvalue weighted by molar-refractivity contribution is -0.133. The fourth-order valence-electron chi connectivity index (χ4n) is 4.83. The highest BCUT2D eigenvalue weighted by molar-refractivity contribution is 5.94. The summed E-state index contributed by atoms with van der Waals surface area (Å²) >= 11 is 0. The molecule has 2 aliphatic rings. The van der Waals surface area contributed by atoms with Gasteiger partial charge < -0.3 is 19.4 Å². The van der Waals surface area contributed by atoms with Crippen molar-refractivity contribution in [1.29, 1.82) is 0 Å². The van der Waals surface area contributed by atoms with Gasteiger partial charge in [0, 0.05) is 38.3 Å². The molecule has 0 aromatic heterocycles. The van der Waals surface area contributed by atoms with Gasteiger partial charge in [-0.1, -0.05) is 36.8 Å². The van der Waals surface area contributed by atoms with Gasteiger partial charge in [0.15, 0.2) is 0 Å². The van der Waals surface area contributed by atoms with Gasteiger partial charge in [0.2, 0.25) is 5.91 Å². The van der Waals surface area contributed by atoms with Gasteiger partial charge in [-0.3, -0.25) is 9.59 Å². The van der Waals surface area contributed by atoms with E-state index in [1.54, 1.807) is 0 Å². The molecule has 0 spiro atoms. The number of carbonyl (C=O) groups excluding carboxylic acids is 2. The van der Waals surface area contributed by atoms with E-state index < -0.39 is 0 Å². The summed E-state index contributed by atoms with van der Waals surface area (Å²) in [7, 11) is 0. The Morgan fingerprint density at radius 3 is 2.15 bits per heavy atom. The zero-order valence-corrected chi connectivity index (χ0v) is 20.3. The molecule has 1 unspecified atom stereocenters. The van der Waals surface area contributed by atoms with Gasteiger partial charge in [-0.25, -0.2) is 0 Å². The summed E-state index contributed by atoms with van der Waals surface area (Å²) in [5.74, 6) is 0.774. The quantitative estimate of drug-likeness (QED) is 0.555. The maximum atomic E-state index is 13.0. The van der Waals surface area contributed by atoms with Crippen molar-refractivity contribution in [1.82, 2.24) is 14.7 Å². The monoisotopic (exact) mass is 463 g/mol. The van der Waals surface area contributed by atoms with Crippen LogP contribution in [0.25, 0.3) is 0 Å². The number of likely N-dealkylation sites (tertiary alicyclic amines) is 1. The first-order valence-corrected chi connectivity index (χ1v) is 12.7. The van der Waals surface area contributed by atoms with Crippen molar-refractivity contribution in [3.63, 3.8) is 0 Å². The Labute approximate surface area is 203 Å². The highest BCUT2D eigenvalue weighted by Gasteiger charge is 2.28. The molecule has 2 aliphatic heterocycles. The molecule has 0 N–H and O–H groups in total. The zero-order valence-electron chi connectivity index (χ0n) is 20.3. The highest BCUT2D eigenvalue weighted by atomic mass is 16.5. The molecule has 2 amide bonds. The van der Waals surface area contributed by atoms with Gasteiger partial charge in [0.25, 0.3) is 5.91 Å². The van der Waals surface area contributed by atoms with Crippen molar-refractivity contribution in [3.8, 4) is 5.75 Å². The number of piperazine rings is 1. The predicted octanol–water partition coefficient (Wildman–Crippen LogP) is 4.03. The van der Waals surface area contributed by atoms with E-state index in [9.17, 15) is 9.59 Å². The molecular formula is C28H37N3O3. The number of benzene rings is 2. The standard InChI is InChI=1S/C28H37N3O3/c1-23(24-9-4-2-5-10-24)27(32)30-18-20-31(21-19-30)28(33)25-11-13-26(14-12-25)34-22-8-17-29-15-6-3-7-16-29/h2,4-5,9-14,23H,3,6-8,15-22H2,1H3. The second-order valence-corrected chi connectivity index (χ2v) is 9.38. The van der Waals surface area contributed by atoms with Gasteiger partial charge in [-0.15, -0.1) is 0 Å². The summed E-state index contributed by atoms with van der Waals surface area (Å²) in [6.45, 7) is 8.42. The first kappa shape index (κ1) is 24.3. The van der Waals surface area contributed by atoms with Crippen molar-refractivity contribution in [3.05, 3.63) is 65.7 Å². The summed E-state index contributed by atoms with van der Waals surface area (Å²) in [5, 5.41) is 0. The van der Waals surface area contributed by atoms with Crippen LogP contribution in [0.1, 0.15) is 54.4 Å². The van der Waals surface area contributed by atoms with E-state index >= 15 is 0 Å². The lowest BCUT2D eigenvalue weighted by Crippen LogP contribution is -2.51. The molecule has 6 nitrogen and oxygen atoms in total. The molecule has 0 radical (unpaired) electrons. The molecule has 2 aromatic carbocycles. The number of carbonyl (C=O) groups is 2. The Hall–Kier alpha value is -2.86. The van der Waals surface area contributed by atoms with Crippen molar-refractivity contribution in [2.75, 3.05) is 52.4 Å². The topological polar surface area (TPSA) is 53.1 Å². The van der Waals surface area contributed by atoms with Crippen molar-refractivity contribution in [2.24, 2.45) is 0 Å². The van der Waals surface area contributed by atoms with Crippen LogP contribution < -0.4 is 4.74 Å². The first-order valence-electron chi connectivity index (χ1n) is 12.7. The van der Waals surface area contributed by atoms with Crippen LogP contribution in [-0.4, -0.2) is 78.9 Å². The number of hydrogen-bond acceptors (Lipinski definition) is 4. The summed E-state index contributed by atoms with van der Waals surface area (Å²) in [4.78, 5) is 32.1. The molecule has 6 heteroatoms. The number of nitrogens with zero attached hydrogens (tertiary/aromatic N) is 3. The van der Waals surface area contributed by atoms with Crippen molar-refractivity contribution in [2.45, 2.75) is 38.5 Å². The van der Waals surface area contributed by atoms with Gasteiger partial charge >= 0.3 is 0 Å². The van der Waals surface area contributed by atoms with E-state index in [0.29, 0.717) is 38.3 Å². The third kappa shape index (κ3) is 6.38. The van der Waals surface area contributed by atoms with Crippen LogP contribution in [0.5, 0.6) is 5.75 Å². The average Bonchev–Trinajstić information content (AvgIpc) is 2.91. The van der Waals surface area contributed by atoms with E-state index in [2.05, 4.69) is 4.90 Å². The average molecular weight is 464 g/mol. The third-order valence-electron chi connectivity index (χ3n) is 6.99. The van der Waals surface area contributed by atoms with Gasteiger partial charge in [-0.05, 0) is 69.1 Å². The van der Waals surface area contributed by atoms with E-state index in [1.165, 1.54) is 32.4 Å². The first-order chi connectivity index (χ1) is 16.6. The molecule has 0 saturated carbocycles. The Balaban J connectivity index is 1.20. The Bertz CT molecular complexity index is 918. The molecule has 4 rings (SSSR count). The lowest BCUT2D eigenvalue weighted by Gasteiger charge is -2.36. The zero-order chi connectivity index (χ0) is 23.8. The molecule has 0 aliphatic carbocycles. The summed E-state index contributed by atoms with van der Waals surface area (Å²) in [6.07, 6.45) is 5.01. The second-order valence-electron chi connectivity index (χ2n) is 9.38. The number of amides is 2. The van der Waals surface area contributed by atoms with E-state index in [1.807, 2.05) is 71.3 Å². The van der Waals surface area contributed by atoms with E-state index in [4.69, 9.17) is 4.74 Å². The maximum absolute atomic E-state index is 13.0. The molecule has 2 fully saturated rings. The van der Waals surface area contributed by atoms with Crippen molar-refractivity contribution >= 4 is 11.8 Å². The van der Waals surface area contributed by atoms with Crippen LogP contribution in [0.15, 0.2) is 54.6 Å². The lowest BCUT2D eigenvalue weighted by atomic mass is 9.99. The molecular weight excluding hydrogens is 426 g/mol. The van der Waals surface area contributed by atoms with Gasteiger partial charge in [0.1, 0.15) is 5.75 Å². The Kier molecular flexibility index (Phi) is 8.58. The summed E-state index contributed by atoms with van der Waals surface area (Å²) in [5.41, 5.74) is 1.69. The fraction of sp³-hybridized carbons (Fsp3) is 0.500. The van der Waals surface area contributed by atoms with Crippen LogP contribution in [0.4, 0.5) is 0 Å². The van der Waals surface area contributed by atoms with Crippen LogP contribution in [0.2, 0.25) is 0 Å². The molecule has 1 atom stereocenters. The largest absolute Gasteiger partial charge is 0.494 e. The minimum absolute atomic E-state index is 0.0138. The molecule has 0 bridgehead atoms. The third-order valence-corrected chi connectivity index (χ3v) is 6.99. The summed E-state index contributed by atoms with van der Waals surface area (Å²) < 4.78 is 5.88. The SMILES string of the molecule is CC(C(=O)N1CCN(C(=O)c2ccc(OCCCN3CCCCC3)cc2)CC1)c1ccccc1. The van der Waals surface area contributed by atoms with E-state index in [0.717, 1.165) is 24.3 Å².